The normalized spacial score (nSPS) is 10.3. The van der Waals surface area contributed by atoms with Crippen molar-refractivity contribution in [3.8, 4) is 23.1 Å². The fraction of sp³-hybridized carbons (Fsp3) is 0.105. The van der Waals surface area contributed by atoms with E-state index in [1.165, 1.54) is 23.9 Å². The first-order valence-electron chi connectivity index (χ1n) is 7.67. The van der Waals surface area contributed by atoms with Crippen LogP contribution in [-0.2, 0) is 6.61 Å². The second-order valence-electron chi connectivity index (χ2n) is 5.33. The Morgan fingerprint density at radius 3 is 2.81 bits per heavy atom. The Morgan fingerprint density at radius 1 is 1.27 bits per heavy atom. The van der Waals surface area contributed by atoms with Crippen LogP contribution >= 0.6 is 11.8 Å². The maximum absolute atomic E-state index is 13.3. The molecule has 26 heavy (non-hydrogen) atoms. The molecule has 0 spiro atoms. The van der Waals surface area contributed by atoms with Gasteiger partial charge in [-0.3, -0.25) is 4.79 Å². The molecule has 0 aliphatic rings. The molecule has 1 N–H and O–H groups in total. The fourth-order valence-corrected chi connectivity index (χ4v) is 2.80. The van der Waals surface area contributed by atoms with Gasteiger partial charge in [-0.2, -0.15) is 5.26 Å². The quantitative estimate of drug-likeness (QED) is 0.549. The van der Waals surface area contributed by atoms with Gasteiger partial charge in [-0.25, -0.2) is 9.37 Å². The molecule has 0 fully saturated rings. The summed E-state index contributed by atoms with van der Waals surface area (Å²) < 4.78 is 19.1. The highest BCUT2D eigenvalue weighted by Gasteiger charge is 2.17. The molecule has 7 heteroatoms. The molecule has 0 aliphatic carbocycles. The van der Waals surface area contributed by atoms with Crippen molar-refractivity contribution in [1.29, 1.82) is 5.26 Å². The Labute approximate surface area is 153 Å². The van der Waals surface area contributed by atoms with E-state index < -0.39 is 5.56 Å². The molecule has 5 nitrogen and oxygen atoms in total. The van der Waals surface area contributed by atoms with Gasteiger partial charge in [-0.05, 0) is 36.1 Å². The average Bonchev–Trinajstić information content (AvgIpc) is 2.66. The van der Waals surface area contributed by atoms with Gasteiger partial charge in [0.1, 0.15) is 35.5 Å². The van der Waals surface area contributed by atoms with Crippen LogP contribution in [0.2, 0.25) is 0 Å². The summed E-state index contributed by atoms with van der Waals surface area (Å²) in [6.45, 7) is 0.148. The van der Waals surface area contributed by atoms with Crippen molar-refractivity contribution < 1.29 is 9.13 Å². The smallest absolute Gasteiger partial charge is 0.270 e. The lowest BCUT2D eigenvalue weighted by Gasteiger charge is -2.12. The van der Waals surface area contributed by atoms with Gasteiger partial charge in [0.25, 0.3) is 5.56 Å². The van der Waals surface area contributed by atoms with E-state index >= 15 is 0 Å². The minimum absolute atomic E-state index is 0.0791. The number of aromatic nitrogens is 2. The van der Waals surface area contributed by atoms with Gasteiger partial charge in [-0.15, -0.1) is 0 Å². The molecule has 0 saturated carbocycles. The van der Waals surface area contributed by atoms with E-state index in [1.807, 2.05) is 6.07 Å². The Kier molecular flexibility index (Phi) is 5.34. The monoisotopic (exact) mass is 367 g/mol. The van der Waals surface area contributed by atoms with Crippen molar-refractivity contribution in [2.24, 2.45) is 0 Å². The van der Waals surface area contributed by atoms with Crippen LogP contribution in [0.15, 0.2) is 58.5 Å². The summed E-state index contributed by atoms with van der Waals surface area (Å²) in [5.74, 6) is 0.116. The van der Waals surface area contributed by atoms with E-state index in [4.69, 9.17) is 4.74 Å². The number of nitrogens with one attached hydrogen (secondary N) is 1. The Hall–Kier alpha value is -3.11. The predicted molar refractivity (Wildman–Crippen MR) is 97.5 cm³/mol. The molecule has 0 radical (unpaired) electrons. The third-order valence-corrected chi connectivity index (χ3v) is 4.21. The number of benzene rings is 2. The molecule has 3 aromatic rings. The molecule has 0 aliphatic heterocycles. The maximum atomic E-state index is 13.3. The van der Waals surface area contributed by atoms with Crippen LogP contribution in [0.1, 0.15) is 11.1 Å². The SMILES string of the molecule is CSc1nc(-c2ccccc2OCc2cccc(F)c2)c(C#N)c(=O)[nH]1. The number of aromatic amines is 1. The topological polar surface area (TPSA) is 78.8 Å². The van der Waals surface area contributed by atoms with Crippen LogP contribution in [0.25, 0.3) is 11.3 Å². The van der Waals surface area contributed by atoms with Gasteiger partial charge in [0.2, 0.25) is 0 Å². The van der Waals surface area contributed by atoms with E-state index in [-0.39, 0.29) is 23.7 Å². The van der Waals surface area contributed by atoms with Gasteiger partial charge in [0.05, 0.1) is 0 Å². The number of hydrogen-bond acceptors (Lipinski definition) is 5. The summed E-state index contributed by atoms with van der Waals surface area (Å²) in [7, 11) is 0. The molecule has 1 aromatic heterocycles. The van der Waals surface area contributed by atoms with Crippen molar-refractivity contribution in [1.82, 2.24) is 9.97 Å². The number of ether oxygens (including phenoxy) is 1. The van der Waals surface area contributed by atoms with Crippen molar-refractivity contribution in [3.63, 3.8) is 0 Å². The second kappa shape index (κ2) is 7.85. The number of thioether (sulfide) groups is 1. The van der Waals surface area contributed by atoms with Crippen molar-refractivity contribution in [2.75, 3.05) is 6.26 Å². The molecular weight excluding hydrogens is 353 g/mol. The Bertz CT molecular complexity index is 1040. The average molecular weight is 367 g/mol. The van der Waals surface area contributed by atoms with Gasteiger partial charge in [-0.1, -0.05) is 36.0 Å². The number of para-hydroxylation sites is 1. The van der Waals surface area contributed by atoms with Crippen molar-refractivity contribution >= 4 is 11.8 Å². The fourth-order valence-electron chi connectivity index (χ4n) is 2.42. The molecule has 0 bridgehead atoms. The first kappa shape index (κ1) is 17.7. The van der Waals surface area contributed by atoms with Crippen LogP contribution in [0, 0.1) is 17.1 Å². The summed E-state index contributed by atoms with van der Waals surface area (Å²) in [6.07, 6.45) is 1.78. The van der Waals surface area contributed by atoms with Crippen LogP contribution in [0.5, 0.6) is 5.75 Å². The second-order valence-corrected chi connectivity index (χ2v) is 6.12. The van der Waals surface area contributed by atoms with Crippen LogP contribution < -0.4 is 10.3 Å². The summed E-state index contributed by atoms with van der Waals surface area (Å²) in [4.78, 5) is 19.1. The minimum Gasteiger partial charge on any atom is -0.488 e. The van der Waals surface area contributed by atoms with E-state index in [0.717, 1.165) is 0 Å². The summed E-state index contributed by atoms with van der Waals surface area (Å²) in [5.41, 5.74) is 0.882. The van der Waals surface area contributed by atoms with Crippen molar-refractivity contribution in [3.05, 3.63) is 75.8 Å². The highest BCUT2D eigenvalue weighted by Crippen LogP contribution is 2.31. The van der Waals surface area contributed by atoms with Gasteiger partial charge in [0, 0.05) is 5.56 Å². The standard InChI is InChI=1S/C19H14FN3O2S/c1-26-19-22-17(15(10-21)18(24)23-19)14-7-2-3-8-16(14)25-11-12-5-4-6-13(20)9-12/h2-9H,11H2,1H3,(H,22,23,24). The summed E-state index contributed by atoms with van der Waals surface area (Å²) >= 11 is 1.27. The number of rotatable bonds is 5. The Balaban J connectivity index is 2.01. The van der Waals surface area contributed by atoms with Gasteiger partial charge in [0.15, 0.2) is 5.16 Å². The van der Waals surface area contributed by atoms with E-state index in [2.05, 4.69) is 9.97 Å². The highest BCUT2D eigenvalue weighted by molar-refractivity contribution is 7.98. The molecule has 130 valence electrons. The molecular formula is C19H14FN3O2S. The molecule has 0 atom stereocenters. The van der Waals surface area contributed by atoms with E-state index in [0.29, 0.717) is 22.0 Å². The zero-order valence-corrected chi connectivity index (χ0v) is 14.6. The molecule has 2 aromatic carbocycles. The lowest BCUT2D eigenvalue weighted by Crippen LogP contribution is -2.15. The maximum Gasteiger partial charge on any atom is 0.270 e. The Morgan fingerprint density at radius 2 is 2.08 bits per heavy atom. The lowest BCUT2D eigenvalue weighted by atomic mass is 10.1. The summed E-state index contributed by atoms with van der Waals surface area (Å²) in [6, 6.07) is 15.0. The van der Waals surface area contributed by atoms with Crippen LogP contribution in [0.4, 0.5) is 4.39 Å². The lowest BCUT2D eigenvalue weighted by molar-refractivity contribution is 0.307. The third-order valence-electron chi connectivity index (χ3n) is 3.63. The van der Waals surface area contributed by atoms with E-state index in [1.54, 1.807) is 42.7 Å². The molecule has 0 unspecified atom stereocenters. The molecule has 1 heterocycles. The zero-order chi connectivity index (χ0) is 18.5. The minimum atomic E-state index is -0.498. The highest BCUT2D eigenvalue weighted by atomic mass is 32.2. The van der Waals surface area contributed by atoms with Gasteiger partial charge < -0.3 is 9.72 Å². The number of nitrogens with zero attached hydrogens (tertiary/aromatic N) is 2. The first-order chi connectivity index (χ1) is 12.6. The number of nitriles is 1. The number of H-pyrrole nitrogens is 1. The molecule has 0 amide bonds. The van der Waals surface area contributed by atoms with Gasteiger partial charge >= 0.3 is 0 Å². The number of hydrogen-bond donors (Lipinski definition) is 1. The molecule has 3 rings (SSSR count). The zero-order valence-electron chi connectivity index (χ0n) is 13.8. The van der Waals surface area contributed by atoms with Crippen LogP contribution in [0.3, 0.4) is 0 Å². The first-order valence-corrected chi connectivity index (χ1v) is 8.90. The number of halogens is 1. The third kappa shape index (κ3) is 3.76. The molecule has 0 saturated heterocycles. The predicted octanol–water partition coefficient (Wildman–Crippen LogP) is 3.75. The summed E-state index contributed by atoms with van der Waals surface area (Å²) in [5, 5.41) is 9.76. The van der Waals surface area contributed by atoms with Crippen molar-refractivity contribution in [2.45, 2.75) is 11.8 Å². The largest absolute Gasteiger partial charge is 0.488 e. The van der Waals surface area contributed by atoms with Crippen LogP contribution in [-0.4, -0.2) is 16.2 Å². The van der Waals surface area contributed by atoms with E-state index in [9.17, 15) is 14.4 Å².